The number of carbonyl (C=O) groups excluding carboxylic acids is 2. The van der Waals surface area contributed by atoms with E-state index in [0.717, 1.165) is 13.5 Å². The fourth-order valence-corrected chi connectivity index (χ4v) is 6.98. The van der Waals surface area contributed by atoms with Crippen LogP contribution in [-0.2, 0) is 31.9 Å². The van der Waals surface area contributed by atoms with Gasteiger partial charge in [0.25, 0.3) is 11.8 Å². The van der Waals surface area contributed by atoms with Crippen molar-refractivity contribution in [2.24, 2.45) is 0 Å². The van der Waals surface area contributed by atoms with Crippen LogP contribution in [0.25, 0.3) is 21.6 Å². The number of phenols is 2. The Balaban J connectivity index is 0.000000175. The molecule has 2 unspecified atom stereocenters. The van der Waals surface area contributed by atoms with E-state index < -0.39 is 51.5 Å². The number of aromatic hydroxyl groups is 2. The van der Waals surface area contributed by atoms with Crippen molar-refractivity contribution in [3.63, 3.8) is 0 Å². The molecule has 4 N–H and O–H groups in total. The smallest absolute Gasteiger partial charge is 0.316 e. The quantitative estimate of drug-likeness (QED) is 0.250. The molecule has 2 atom stereocenters. The molecule has 0 saturated carbocycles. The standard InChI is InChI=1S/C13H11FN4O4S.C13H11FN2O3S2/c1-22-13-15-4-7(5-16-13)8-2-3-9(19)12(11(8)14)18-6-10(20)17-23(18)21;1-7-2-5-10(20-7)8-3-4-9(17)13(12(8)14)16-6-11(18)15-21(16)19/h2-5,19H,6H2,1H3,(H,17,20);2-5,17H,6H2,1H3,(H,15,18). The van der Waals surface area contributed by atoms with Crippen LogP contribution in [0.5, 0.6) is 17.5 Å². The summed E-state index contributed by atoms with van der Waals surface area (Å²) in [6.45, 7) is 1.33. The highest BCUT2D eigenvalue weighted by molar-refractivity contribution is 7.86. The number of carbonyl (C=O) groups is 2. The van der Waals surface area contributed by atoms with E-state index in [1.165, 1.54) is 55.1 Å². The Labute approximate surface area is 257 Å². The number of methoxy groups -OCH3 is 1. The van der Waals surface area contributed by atoms with Crippen LogP contribution in [0.2, 0.25) is 0 Å². The normalized spacial score (nSPS) is 17.6. The van der Waals surface area contributed by atoms with Crippen LogP contribution < -0.4 is 22.8 Å². The summed E-state index contributed by atoms with van der Waals surface area (Å²) in [5.74, 6) is -3.31. The van der Waals surface area contributed by atoms with Crippen LogP contribution in [0.15, 0.2) is 48.8 Å². The third-order valence-corrected chi connectivity index (χ3v) is 9.46. The summed E-state index contributed by atoms with van der Waals surface area (Å²) in [5, 5.41) is 19.8. The van der Waals surface area contributed by atoms with E-state index in [1.54, 1.807) is 6.07 Å². The van der Waals surface area contributed by atoms with Crippen molar-refractivity contribution in [2.45, 2.75) is 6.92 Å². The van der Waals surface area contributed by atoms with E-state index in [4.69, 9.17) is 4.74 Å². The van der Waals surface area contributed by atoms with Crippen molar-refractivity contribution in [3.05, 3.63) is 65.3 Å². The van der Waals surface area contributed by atoms with Crippen molar-refractivity contribution in [1.82, 2.24) is 19.4 Å². The summed E-state index contributed by atoms with van der Waals surface area (Å²) in [6.07, 6.45) is 2.71. The Kier molecular flexibility index (Phi) is 8.75. The molecule has 4 aromatic rings. The molecule has 18 heteroatoms. The lowest BCUT2D eigenvalue weighted by Crippen LogP contribution is -2.23. The molecule has 2 aliphatic heterocycles. The van der Waals surface area contributed by atoms with Crippen LogP contribution in [0.4, 0.5) is 20.2 Å². The number of aryl methyl sites for hydroxylation is 1. The average molecular weight is 665 g/mol. The summed E-state index contributed by atoms with van der Waals surface area (Å²) < 4.78 is 64.2. The van der Waals surface area contributed by atoms with Crippen LogP contribution in [-0.4, -0.2) is 60.6 Å². The van der Waals surface area contributed by atoms with Gasteiger partial charge in [-0.2, -0.15) is 0 Å². The van der Waals surface area contributed by atoms with E-state index in [-0.39, 0.29) is 41.8 Å². The van der Waals surface area contributed by atoms with Gasteiger partial charge in [-0.15, -0.1) is 11.3 Å². The molecular formula is C26H22F2N6O7S3. The third-order valence-electron chi connectivity index (χ3n) is 6.19. The monoisotopic (exact) mass is 664 g/mol. The molecule has 2 saturated heterocycles. The first-order valence-corrected chi connectivity index (χ1v) is 15.5. The van der Waals surface area contributed by atoms with E-state index in [1.807, 2.05) is 13.0 Å². The number of halogens is 2. The SMILES string of the molecule is COc1ncc(-c2ccc(O)c(N3CC(=O)NS3=O)c2F)cn1.Cc1ccc(-c2ccc(O)c(N3CC(=O)NS3=O)c2F)s1. The molecule has 6 rings (SSSR count). The number of hydrogen-bond acceptors (Lipinski definition) is 10. The maximum absolute atomic E-state index is 14.8. The summed E-state index contributed by atoms with van der Waals surface area (Å²) in [4.78, 5) is 32.1. The number of aromatic nitrogens is 2. The van der Waals surface area contributed by atoms with Crippen LogP contribution >= 0.6 is 11.3 Å². The van der Waals surface area contributed by atoms with Gasteiger partial charge in [-0.3, -0.25) is 27.6 Å². The molecule has 2 aromatic heterocycles. The summed E-state index contributed by atoms with van der Waals surface area (Å²) in [6, 6.07) is 9.17. The lowest BCUT2D eigenvalue weighted by atomic mass is 10.1. The summed E-state index contributed by atoms with van der Waals surface area (Å²) in [5.41, 5.74) is 0.188. The van der Waals surface area contributed by atoms with Crippen molar-refractivity contribution >= 4 is 56.9 Å². The van der Waals surface area contributed by atoms with Gasteiger partial charge in [0.05, 0.1) is 7.11 Å². The van der Waals surface area contributed by atoms with Crippen LogP contribution in [0.3, 0.4) is 0 Å². The number of hydrogen-bond donors (Lipinski definition) is 4. The van der Waals surface area contributed by atoms with Crippen molar-refractivity contribution in [3.8, 4) is 39.1 Å². The number of nitrogens with one attached hydrogen (secondary N) is 2. The molecule has 2 fully saturated rings. The van der Waals surface area contributed by atoms with Gasteiger partial charge >= 0.3 is 6.01 Å². The van der Waals surface area contributed by atoms with Gasteiger partial charge in [-0.05, 0) is 43.3 Å². The van der Waals surface area contributed by atoms with Gasteiger partial charge in [0.1, 0.15) is 36.0 Å². The van der Waals surface area contributed by atoms with Crippen molar-refractivity contribution < 1.29 is 41.7 Å². The largest absolute Gasteiger partial charge is 0.506 e. The average Bonchev–Trinajstić information content (AvgIpc) is 3.66. The first-order chi connectivity index (χ1) is 21.0. The Morgan fingerprint density at radius 3 is 1.77 bits per heavy atom. The minimum absolute atomic E-state index is 0.0943. The van der Waals surface area contributed by atoms with E-state index in [9.17, 15) is 37.0 Å². The topological polar surface area (TPSA) is 174 Å². The number of rotatable bonds is 5. The number of thiophene rings is 1. The van der Waals surface area contributed by atoms with E-state index in [0.29, 0.717) is 16.0 Å². The lowest BCUT2D eigenvalue weighted by Gasteiger charge is -2.17. The fraction of sp³-hybridized carbons (Fsp3) is 0.154. The molecule has 4 heterocycles. The highest BCUT2D eigenvalue weighted by atomic mass is 32.2. The van der Waals surface area contributed by atoms with E-state index in [2.05, 4.69) is 19.4 Å². The first-order valence-electron chi connectivity index (χ1n) is 12.4. The highest BCUT2D eigenvalue weighted by Gasteiger charge is 2.33. The number of amides is 2. The highest BCUT2D eigenvalue weighted by Crippen LogP contribution is 2.40. The zero-order chi connectivity index (χ0) is 31.7. The molecule has 2 amide bonds. The first kappa shape index (κ1) is 30.8. The van der Waals surface area contributed by atoms with Gasteiger partial charge in [0.15, 0.2) is 11.6 Å². The molecule has 0 spiro atoms. The number of benzene rings is 2. The predicted molar refractivity (Wildman–Crippen MR) is 159 cm³/mol. The zero-order valence-corrected chi connectivity index (χ0v) is 25.2. The Morgan fingerprint density at radius 1 is 0.841 bits per heavy atom. The number of anilines is 2. The molecule has 0 bridgehead atoms. The van der Waals surface area contributed by atoms with Crippen molar-refractivity contribution in [1.29, 1.82) is 0 Å². The maximum atomic E-state index is 14.8. The maximum Gasteiger partial charge on any atom is 0.316 e. The minimum atomic E-state index is -1.95. The molecule has 230 valence electrons. The van der Waals surface area contributed by atoms with Crippen molar-refractivity contribution in [2.75, 3.05) is 28.8 Å². The molecular weight excluding hydrogens is 643 g/mol. The van der Waals surface area contributed by atoms with Gasteiger partial charge in [-0.1, -0.05) is 0 Å². The Hall–Kier alpha value is -4.68. The van der Waals surface area contributed by atoms with Gasteiger partial charge in [-0.25, -0.2) is 27.2 Å². The van der Waals surface area contributed by atoms with Crippen LogP contribution in [0.1, 0.15) is 4.88 Å². The number of ether oxygens (including phenoxy) is 1. The third kappa shape index (κ3) is 6.03. The molecule has 44 heavy (non-hydrogen) atoms. The molecule has 13 nitrogen and oxygen atoms in total. The molecule has 0 aliphatic carbocycles. The summed E-state index contributed by atoms with van der Waals surface area (Å²) >= 11 is -2.42. The van der Waals surface area contributed by atoms with Gasteiger partial charge in [0.2, 0.25) is 22.3 Å². The zero-order valence-electron chi connectivity index (χ0n) is 22.7. The lowest BCUT2D eigenvalue weighted by molar-refractivity contribution is -0.118. The second kappa shape index (κ2) is 12.5. The molecule has 2 aromatic carbocycles. The molecule has 0 radical (unpaired) electrons. The predicted octanol–water partition coefficient (Wildman–Crippen LogP) is 2.59. The number of nitrogens with zero attached hydrogens (tertiary/aromatic N) is 4. The number of phenolic OH excluding ortho intramolecular Hbond substituents is 2. The van der Waals surface area contributed by atoms with Crippen LogP contribution in [0, 0.1) is 18.6 Å². The van der Waals surface area contributed by atoms with Gasteiger partial charge in [0, 0.05) is 38.8 Å². The second-order valence-electron chi connectivity index (χ2n) is 9.08. The second-order valence-corrected chi connectivity index (χ2v) is 12.7. The Morgan fingerprint density at radius 2 is 1.34 bits per heavy atom. The van der Waals surface area contributed by atoms with E-state index >= 15 is 0 Å². The van der Waals surface area contributed by atoms with Gasteiger partial charge < -0.3 is 14.9 Å². The summed E-state index contributed by atoms with van der Waals surface area (Å²) in [7, 11) is 1.40. The fourth-order valence-electron chi connectivity index (χ4n) is 4.21. The Bertz CT molecular complexity index is 1820. The minimum Gasteiger partial charge on any atom is -0.506 e. The molecule has 2 aliphatic rings.